The fraction of sp³-hybridized carbons (Fsp3) is 0.250. The molecule has 3 nitrogen and oxygen atoms in total. The number of H-pyrrole nitrogens is 1. The fourth-order valence-electron chi connectivity index (χ4n) is 3.55. The first-order valence-electron chi connectivity index (χ1n) is 8.54. The van der Waals surface area contributed by atoms with E-state index in [-0.39, 0.29) is 23.2 Å². The zero-order valence-electron chi connectivity index (χ0n) is 13.9. The van der Waals surface area contributed by atoms with Crippen LogP contribution >= 0.6 is 0 Å². The second kappa shape index (κ2) is 6.52. The van der Waals surface area contributed by atoms with Crippen LogP contribution in [0.5, 0.6) is 0 Å². The van der Waals surface area contributed by atoms with Crippen molar-refractivity contribution in [3.63, 3.8) is 0 Å². The summed E-state index contributed by atoms with van der Waals surface area (Å²) in [6.07, 6.45) is 1.51. The molecule has 4 rings (SSSR count). The molecule has 26 heavy (non-hydrogen) atoms. The number of hydrogen-bond acceptors (Lipinski definition) is 1. The number of aromatic amines is 1. The lowest BCUT2D eigenvalue weighted by molar-refractivity contribution is 0.0711. The number of carbonyl (C=O) groups is 1. The maximum absolute atomic E-state index is 13.3. The minimum absolute atomic E-state index is 0.156. The molecule has 0 bridgehead atoms. The van der Waals surface area contributed by atoms with Gasteiger partial charge in [-0.3, -0.25) is 4.79 Å². The van der Waals surface area contributed by atoms with E-state index < -0.39 is 11.6 Å². The van der Waals surface area contributed by atoms with E-state index in [1.165, 1.54) is 18.2 Å². The Kier molecular flexibility index (Phi) is 4.18. The van der Waals surface area contributed by atoms with Crippen molar-refractivity contribution in [3.05, 3.63) is 71.2 Å². The normalized spacial score (nSPS) is 15.6. The van der Waals surface area contributed by atoms with E-state index in [0.717, 1.165) is 41.6 Å². The van der Waals surface area contributed by atoms with Crippen molar-refractivity contribution in [1.82, 2.24) is 9.88 Å². The van der Waals surface area contributed by atoms with Gasteiger partial charge in [-0.25, -0.2) is 13.2 Å². The smallest absolute Gasteiger partial charge is 0.253 e. The molecule has 0 atom stereocenters. The highest BCUT2D eigenvalue weighted by molar-refractivity contribution is 5.94. The Balaban J connectivity index is 1.46. The van der Waals surface area contributed by atoms with Crippen molar-refractivity contribution >= 4 is 16.8 Å². The van der Waals surface area contributed by atoms with Gasteiger partial charge in [0.2, 0.25) is 0 Å². The molecule has 2 aromatic carbocycles. The Morgan fingerprint density at radius 3 is 2.46 bits per heavy atom. The van der Waals surface area contributed by atoms with Gasteiger partial charge in [0.15, 0.2) is 11.6 Å². The molecule has 0 unspecified atom stereocenters. The van der Waals surface area contributed by atoms with E-state index in [4.69, 9.17) is 0 Å². The number of carbonyl (C=O) groups excluding carboxylic acids is 1. The molecule has 1 fully saturated rings. The first-order valence-corrected chi connectivity index (χ1v) is 8.54. The Bertz CT molecular complexity index is 974. The Labute approximate surface area is 148 Å². The SMILES string of the molecule is O=C(c1ccc(F)c(F)c1)N1CCC(c2cc3cc(F)ccc3[nH]2)CC1. The molecule has 134 valence electrons. The van der Waals surface area contributed by atoms with E-state index in [9.17, 15) is 18.0 Å². The largest absolute Gasteiger partial charge is 0.358 e. The number of piperidine rings is 1. The van der Waals surface area contributed by atoms with Crippen LogP contribution in [0.25, 0.3) is 10.9 Å². The van der Waals surface area contributed by atoms with Gasteiger partial charge in [0.05, 0.1) is 0 Å². The van der Waals surface area contributed by atoms with Crippen molar-refractivity contribution in [2.24, 2.45) is 0 Å². The third-order valence-electron chi connectivity index (χ3n) is 4.99. The van der Waals surface area contributed by atoms with Gasteiger partial charge in [0.1, 0.15) is 5.82 Å². The fourth-order valence-corrected chi connectivity index (χ4v) is 3.55. The van der Waals surface area contributed by atoms with Crippen LogP contribution in [-0.4, -0.2) is 28.9 Å². The highest BCUT2D eigenvalue weighted by Gasteiger charge is 2.26. The minimum Gasteiger partial charge on any atom is -0.358 e. The van der Waals surface area contributed by atoms with Crippen molar-refractivity contribution in [2.75, 3.05) is 13.1 Å². The Morgan fingerprint density at radius 2 is 1.73 bits per heavy atom. The summed E-state index contributed by atoms with van der Waals surface area (Å²) in [6.45, 7) is 1.07. The maximum atomic E-state index is 13.3. The highest BCUT2D eigenvalue weighted by atomic mass is 19.2. The van der Waals surface area contributed by atoms with Gasteiger partial charge in [-0.15, -0.1) is 0 Å². The number of benzene rings is 2. The van der Waals surface area contributed by atoms with Crippen molar-refractivity contribution in [1.29, 1.82) is 0 Å². The molecule has 1 saturated heterocycles. The Morgan fingerprint density at radius 1 is 0.962 bits per heavy atom. The monoisotopic (exact) mass is 358 g/mol. The molecule has 1 aliphatic heterocycles. The van der Waals surface area contributed by atoms with Gasteiger partial charge in [0.25, 0.3) is 5.91 Å². The summed E-state index contributed by atoms with van der Waals surface area (Å²) in [5.41, 5.74) is 2.08. The van der Waals surface area contributed by atoms with E-state index in [2.05, 4.69) is 4.98 Å². The predicted molar refractivity (Wildman–Crippen MR) is 92.5 cm³/mol. The van der Waals surface area contributed by atoms with Crippen LogP contribution in [0.15, 0.2) is 42.5 Å². The maximum Gasteiger partial charge on any atom is 0.253 e. The third-order valence-corrected chi connectivity index (χ3v) is 4.99. The molecule has 1 N–H and O–H groups in total. The van der Waals surface area contributed by atoms with Crippen LogP contribution in [0.1, 0.15) is 34.8 Å². The van der Waals surface area contributed by atoms with Gasteiger partial charge >= 0.3 is 0 Å². The summed E-state index contributed by atoms with van der Waals surface area (Å²) in [4.78, 5) is 17.5. The molecule has 2 heterocycles. The zero-order valence-corrected chi connectivity index (χ0v) is 13.9. The molecule has 1 aliphatic rings. The predicted octanol–water partition coefficient (Wildman–Crippen LogP) is 4.61. The van der Waals surface area contributed by atoms with Crippen LogP contribution in [0.3, 0.4) is 0 Å². The highest BCUT2D eigenvalue weighted by Crippen LogP contribution is 2.30. The first-order chi connectivity index (χ1) is 12.5. The molecular formula is C20H17F3N2O. The van der Waals surface area contributed by atoms with E-state index >= 15 is 0 Å². The van der Waals surface area contributed by atoms with Gasteiger partial charge in [-0.05, 0) is 55.3 Å². The second-order valence-corrected chi connectivity index (χ2v) is 6.65. The summed E-state index contributed by atoms with van der Waals surface area (Å²) in [7, 11) is 0. The number of nitrogens with one attached hydrogen (secondary N) is 1. The van der Waals surface area contributed by atoms with Crippen molar-refractivity contribution in [3.8, 4) is 0 Å². The number of rotatable bonds is 2. The number of hydrogen-bond donors (Lipinski definition) is 1. The lowest BCUT2D eigenvalue weighted by atomic mass is 9.93. The first kappa shape index (κ1) is 16.7. The van der Waals surface area contributed by atoms with E-state index in [1.54, 1.807) is 11.0 Å². The van der Waals surface area contributed by atoms with E-state index in [1.807, 2.05) is 6.07 Å². The topological polar surface area (TPSA) is 36.1 Å². The van der Waals surface area contributed by atoms with Crippen molar-refractivity contribution < 1.29 is 18.0 Å². The molecule has 1 amide bonds. The lowest BCUT2D eigenvalue weighted by Gasteiger charge is -2.31. The molecule has 6 heteroatoms. The average Bonchev–Trinajstić information content (AvgIpc) is 3.06. The van der Waals surface area contributed by atoms with Gasteiger partial charge in [-0.2, -0.15) is 0 Å². The summed E-state index contributed by atoms with van der Waals surface area (Å²) in [6, 6.07) is 9.81. The van der Waals surface area contributed by atoms with Gasteiger partial charge < -0.3 is 9.88 Å². The Hall–Kier alpha value is -2.76. The second-order valence-electron chi connectivity index (χ2n) is 6.65. The average molecular weight is 358 g/mol. The molecule has 0 saturated carbocycles. The van der Waals surface area contributed by atoms with Crippen LogP contribution in [-0.2, 0) is 0 Å². The van der Waals surface area contributed by atoms with Gasteiger partial charge in [-0.1, -0.05) is 0 Å². The standard InChI is InChI=1S/C20H17F3N2O/c21-15-2-4-18-14(9-15)11-19(24-18)12-5-7-25(8-6-12)20(26)13-1-3-16(22)17(23)10-13/h1-4,9-12,24H,5-8H2. The number of aromatic nitrogens is 1. The molecular weight excluding hydrogens is 341 g/mol. The minimum atomic E-state index is -1.02. The molecule has 0 aliphatic carbocycles. The van der Waals surface area contributed by atoms with Crippen LogP contribution < -0.4 is 0 Å². The van der Waals surface area contributed by atoms with Crippen LogP contribution in [0.4, 0.5) is 13.2 Å². The number of halogens is 3. The molecule has 3 aromatic rings. The molecule has 1 aromatic heterocycles. The summed E-state index contributed by atoms with van der Waals surface area (Å²) >= 11 is 0. The van der Waals surface area contributed by atoms with E-state index in [0.29, 0.717) is 13.1 Å². The third kappa shape index (κ3) is 3.07. The van der Waals surface area contributed by atoms with Crippen molar-refractivity contribution in [2.45, 2.75) is 18.8 Å². The number of fused-ring (bicyclic) bond motifs is 1. The van der Waals surface area contributed by atoms with Crippen LogP contribution in [0.2, 0.25) is 0 Å². The molecule has 0 spiro atoms. The van der Waals surface area contributed by atoms with Crippen LogP contribution in [0, 0.1) is 17.5 Å². The number of amides is 1. The number of likely N-dealkylation sites (tertiary alicyclic amines) is 1. The van der Waals surface area contributed by atoms with Gasteiger partial charge in [0, 0.05) is 41.2 Å². The summed E-state index contributed by atoms with van der Waals surface area (Å²) in [5.74, 6) is -2.29. The lowest BCUT2D eigenvalue weighted by Crippen LogP contribution is -2.38. The molecule has 0 radical (unpaired) electrons. The quantitative estimate of drug-likeness (QED) is 0.714. The summed E-state index contributed by atoms with van der Waals surface area (Å²) < 4.78 is 39.7. The number of nitrogens with zero attached hydrogens (tertiary/aromatic N) is 1. The zero-order chi connectivity index (χ0) is 18.3. The summed E-state index contributed by atoms with van der Waals surface area (Å²) in [5, 5.41) is 0.834.